The van der Waals surface area contributed by atoms with E-state index in [9.17, 15) is 22.0 Å². The zero-order valence-electron chi connectivity index (χ0n) is 15.1. The Balaban J connectivity index is 1.50. The lowest BCUT2D eigenvalue weighted by Gasteiger charge is -2.31. The van der Waals surface area contributed by atoms with E-state index in [1.807, 2.05) is 23.1 Å². The van der Waals surface area contributed by atoms with Crippen LogP contribution in [-0.2, 0) is 14.8 Å². The average Bonchev–Trinajstić information content (AvgIpc) is 2.63. The number of sulfonamides is 1. The first-order valence-electron chi connectivity index (χ1n) is 8.88. The topological polar surface area (TPSA) is 78.5 Å². The molecule has 0 spiro atoms. The average molecular weight is 409 g/mol. The molecule has 0 aromatic heterocycles. The summed E-state index contributed by atoms with van der Waals surface area (Å²) in [6.45, 7) is 1.27. The molecule has 2 N–H and O–H groups in total. The lowest BCUT2D eigenvalue weighted by atomic mass is 10.1. The van der Waals surface area contributed by atoms with Crippen LogP contribution < -0.4 is 10.0 Å². The molecule has 9 heteroatoms. The van der Waals surface area contributed by atoms with Crippen molar-refractivity contribution in [3.8, 4) is 0 Å². The molecule has 1 fully saturated rings. The van der Waals surface area contributed by atoms with Crippen molar-refractivity contribution in [2.75, 3.05) is 25.0 Å². The molecule has 1 saturated heterocycles. The largest absolute Gasteiger partial charge is 0.325 e. The summed E-state index contributed by atoms with van der Waals surface area (Å²) in [4.78, 5) is 13.5. The van der Waals surface area contributed by atoms with Crippen molar-refractivity contribution < 1.29 is 22.0 Å². The van der Waals surface area contributed by atoms with Gasteiger partial charge in [-0.25, -0.2) is 21.9 Å². The summed E-state index contributed by atoms with van der Waals surface area (Å²) >= 11 is 0. The molecule has 28 heavy (non-hydrogen) atoms. The van der Waals surface area contributed by atoms with E-state index in [0.29, 0.717) is 32.0 Å². The maximum atomic E-state index is 13.8. The van der Waals surface area contributed by atoms with Crippen molar-refractivity contribution in [1.29, 1.82) is 0 Å². The molecule has 1 aliphatic heterocycles. The van der Waals surface area contributed by atoms with Gasteiger partial charge < -0.3 is 5.32 Å². The molecular formula is C19H21F2N3O3S. The Hall–Kier alpha value is -2.36. The number of nitrogens with zero attached hydrogens (tertiary/aromatic N) is 1. The Kier molecular flexibility index (Phi) is 6.38. The highest BCUT2D eigenvalue weighted by molar-refractivity contribution is 7.89. The predicted octanol–water partition coefficient (Wildman–Crippen LogP) is 2.35. The van der Waals surface area contributed by atoms with Crippen molar-refractivity contribution in [3.63, 3.8) is 0 Å². The molecule has 0 radical (unpaired) electrons. The monoisotopic (exact) mass is 409 g/mol. The standard InChI is InChI=1S/C19H21F2N3O3S/c20-14-6-7-18(17(21)12-14)28(26,27)23-16-8-10-24(11-9-16)13-19(25)22-15-4-2-1-3-5-15/h1-7,12,16,23H,8-11,13H2,(H,22,25). The number of hydrogen-bond donors (Lipinski definition) is 2. The quantitative estimate of drug-likeness (QED) is 0.768. The van der Waals surface area contributed by atoms with Gasteiger partial charge in [0.15, 0.2) is 0 Å². The Labute approximate surface area is 162 Å². The lowest BCUT2D eigenvalue weighted by Crippen LogP contribution is -2.46. The van der Waals surface area contributed by atoms with Crippen molar-refractivity contribution in [2.45, 2.75) is 23.8 Å². The van der Waals surface area contributed by atoms with Gasteiger partial charge in [0.05, 0.1) is 6.54 Å². The molecule has 1 amide bonds. The number of para-hydroxylation sites is 1. The summed E-state index contributed by atoms with van der Waals surface area (Å²) in [6, 6.07) is 11.1. The minimum atomic E-state index is -4.08. The molecule has 1 aliphatic rings. The van der Waals surface area contributed by atoms with Crippen LogP contribution in [-0.4, -0.2) is 44.9 Å². The third-order valence-corrected chi connectivity index (χ3v) is 6.07. The van der Waals surface area contributed by atoms with Gasteiger partial charge >= 0.3 is 0 Å². The Bertz CT molecular complexity index is 931. The molecular weight excluding hydrogens is 388 g/mol. The van der Waals surface area contributed by atoms with Crippen molar-refractivity contribution in [1.82, 2.24) is 9.62 Å². The lowest BCUT2D eigenvalue weighted by molar-refractivity contribution is -0.117. The molecule has 2 aromatic carbocycles. The number of amides is 1. The summed E-state index contributed by atoms with van der Waals surface area (Å²) in [5, 5.41) is 2.81. The smallest absolute Gasteiger partial charge is 0.243 e. The minimum absolute atomic E-state index is 0.140. The fourth-order valence-corrected chi connectivity index (χ4v) is 4.47. The maximum absolute atomic E-state index is 13.8. The maximum Gasteiger partial charge on any atom is 0.243 e. The third-order valence-electron chi connectivity index (χ3n) is 4.52. The fourth-order valence-electron chi connectivity index (χ4n) is 3.11. The number of piperidine rings is 1. The van der Waals surface area contributed by atoms with Gasteiger partial charge in [0, 0.05) is 30.9 Å². The first kappa shape index (κ1) is 20.4. The normalized spacial score (nSPS) is 16.1. The van der Waals surface area contributed by atoms with E-state index >= 15 is 0 Å². The highest BCUT2D eigenvalue weighted by Crippen LogP contribution is 2.18. The van der Waals surface area contributed by atoms with E-state index in [4.69, 9.17) is 0 Å². The Morgan fingerprint density at radius 3 is 2.39 bits per heavy atom. The van der Waals surface area contributed by atoms with Gasteiger partial charge in [-0.15, -0.1) is 0 Å². The molecule has 0 bridgehead atoms. The van der Waals surface area contributed by atoms with Crippen LogP contribution in [0.15, 0.2) is 53.4 Å². The third kappa shape index (κ3) is 5.34. The second-order valence-corrected chi connectivity index (χ2v) is 8.34. The Morgan fingerprint density at radius 2 is 1.75 bits per heavy atom. The second kappa shape index (κ2) is 8.76. The van der Waals surface area contributed by atoms with Crippen LogP contribution in [0.25, 0.3) is 0 Å². The van der Waals surface area contributed by atoms with Gasteiger partial charge in [-0.1, -0.05) is 18.2 Å². The summed E-state index contributed by atoms with van der Waals surface area (Å²) in [7, 11) is -4.08. The SMILES string of the molecule is O=C(CN1CCC(NS(=O)(=O)c2ccc(F)cc2F)CC1)Nc1ccccc1. The van der Waals surface area contributed by atoms with Gasteiger partial charge in [-0.05, 0) is 37.1 Å². The number of rotatable bonds is 6. The molecule has 0 unspecified atom stereocenters. The zero-order valence-corrected chi connectivity index (χ0v) is 15.9. The predicted molar refractivity (Wildman–Crippen MR) is 101 cm³/mol. The molecule has 0 saturated carbocycles. The van der Waals surface area contributed by atoms with Crippen LogP contribution >= 0.6 is 0 Å². The number of likely N-dealkylation sites (tertiary alicyclic amines) is 1. The van der Waals surface area contributed by atoms with Crippen LogP contribution in [0.1, 0.15) is 12.8 Å². The van der Waals surface area contributed by atoms with E-state index in [0.717, 1.165) is 17.8 Å². The molecule has 2 aromatic rings. The number of halogens is 2. The summed E-state index contributed by atoms with van der Waals surface area (Å²) in [5.74, 6) is -2.10. The first-order valence-corrected chi connectivity index (χ1v) is 10.4. The van der Waals surface area contributed by atoms with Gasteiger partial charge in [0.25, 0.3) is 0 Å². The first-order chi connectivity index (χ1) is 13.3. The summed E-state index contributed by atoms with van der Waals surface area (Å²) < 4.78 is 53.9. The van der Waals surface area contributed by atoms with Crippen LogP contribution in [0.3, 0.4) is 0 Å². The second-order valence-electron chi connectivity index (χ2n) is 6.66. The number of carbonyl (C=O) groups is 1. The van der Waals surface area contributed by atoms with Crippen LogP contribution in [0.4, 0.5) is 14.5 Å². The highest BCUT2D eigenvalue weighted by atomic mass is 32.2. The number of carbonyl (C=O) groups excluding carboxylic acids is 1. The zero-order chi connectivity index (χ0) is 20.1. The van der Waals surface area contributed by atoms with Crippen LogP contribution in [0, 0.1) is 11.6 Å². The summed E-state index contributed by atoms with van der Waals surface area (Å²) in [5.41, 5.74) is 0.719. The molecule has 0 aliphatic carbocycles. The van der Waals surface area contributed by atoms with E-state index in [-0.39, 0.29) is 18.5 Å². The summed E-state index contributed by atoms with van der Waals surface area (Å²) in [6.07, 6.45) is 0.974. The molecule has 3 rings (SSSR count). The molecule has 1 heterocycles. The van der Waals surface area contributed by atoms with Crippen molar-refractivity contribution >= 4 is 21.6 Å². The van der Waals surface area contributed by atoms with E-state index in [2.05, 4.69) is 10.0 Å². The minimum Gasteiger partial charge on any atom is -0.325 e. The Morgan fingerprint density at radius 1 is 1.07 bits per heavy atom. The van der Waals surface area contributed by atoms with E-state index in [1.165, 1.54) is 0 Å². The van der Waals surface area contributed by atoms with Gasteiger partial charge in [-0.3, -0.25) is 9.69 Å². The molecule has 0 atom stereocenters. The van der Waals surface area contributed by atoms with Crippen LogP contribution in [0.5, 0.6) is 0 Å². The van der Waals surface area contributed by atoms with E-state index in [1.54, 1.807) is 12.1 Å². The van der Waals surface area contributed by atoms with Crippen LogP contribution in [0.2, 0.25) is 0 Å². The van der Waals surface area contributed by atoms with E-state index < -0.39 is 26.6 Å². The molecule has 150 valence electrons. The molecule has 6 nitrogen and oxygen atoms in total. The number of benzene rings is 2. The van der Waals surface area contributed by atoms with Gasteiger partial charge in [0.2, 0.25) is 15.9 Å². The van der Waals surface area contributed by atoms with Crippen molar-refractivity contribution in [2.24, 2.45) is 0 Å². The number of hydrogen-bond acceptors (Lipinski definition) is 4. The van der Waals surface area contributed by atoms with Crippen molar-refractivity contribution in [3.05, 3.63) is 60.2 Å². The highest BCUT2D eigenvalue weighted by Gasteiger charge is 2.27. The van der Waals surface area contributed by atoms with Gasteiger partial charge in [-0.2, -0.15) is 0 Å². The number of anilines is 1. The fraction of sp³-hybridized carbons (Fsp3) is 0.316. The number of nitrogens with one attached hydrogen (secondary N) is 2. The van der Waals surface area contributed by atoms with Gasteiger partial charge in [0.1, 0.15) is 16.5 Å².